The van der Waals surface area contributed by atoms with Gasteiger partial charge >= 0.3 is 17.9 Å². The highest BCUT2D eigenvalue weighted by molar-refractivity contribution is 6.09. The second-order valence-corrected chi connectivity index (χ2v) is 14.0. The molecule has 2 bridgehead atoms. The average Bonchev–Trinajstić information content (AvgIpc) is 3.53. The van der Waals surface area contributed by atoms with Gasteiger partial charge in [0.2, 0.25) is 0 Å². The van der Waals surface area contributed by atoms with Gasteiger partial charge in [0.05, 0.1) is 22.9 Å². The first-order chi connectivity index (χ1) is 18.7. The summed E-state index contributed by atoms with van der Waals surface area (Å²) in [6.07, 6.45) is 2.71. The van der Waals surface area contributed by atoms with Crippen molar-refractivity contribution in [3.63, 3.8) is 0 Å². The van der Waals surface area contributed by atoms with Crippen molar-refractivity contribution in [2.75, 3.05) is 0 Å². The monoisotopic (exact) mass is 550 g/mol. The van der Waals surface area contributed by atoms with Gasteiger partial charge < -0.3 is 19.3 Å². The molecule has 2 aliphatic heterocycles. The molecule has 1 spiro atoms. The van der Waals surface area contributed by atoms with Gasteiger partial charge in [-0.2, -0.15) is 0 Å². The Morgan fingerprint density at radius 3 is 2.50 bits per heavy atom. The fraction of sp³-hybridized carbons (Fsp3) is 0.688. The van der Waals surface area contributed by atoms with Crippen molar-refractivity contribution < 1.29 is 38.5 Å². The number of rotatable bonds is 1. The maximum atomic E-state index is 14.3. The van der Waals surface area contributed by atoms with Gasteiger partial charge in [-0.3, -0.25) is 19.2 Å². The summed E-state index contributed by atoms with van der Waals surface area (Å²) in [4.78, 5) is 52.4. The first kappa shape index (κ1) is 26.2. The van der Waals surface area contributed by atoms with E-state index < -0.39 is 52.5 Å². The lowest BCUT2D eigenvalue weighted by atomic mass is 9.52. The van der Waals surface area contributed by atoms with Crippen LogP contribution in [0.25, 0.3) is 0 Å². The Balaban J connectivity index is 1.38. The van der Waals surface area contributed by atoms with Gasteiger partial charge in [-0.1, -0.05) is 25.0 Å². The normalized spacial score (nSPS) is 48.8. The Bertz CT molecular complexity index is 1380. The van der Waals surface area contributed by atoms with Crippen molar-refractivity contribution in [3.8, 4) is 0 Å². The lowest BCUT2D eigenvalue weighted by molar-refractivity contribution is -0.154. The van der Waals surface area contributed by atoms with Crippen molar-refractivity contribution in [1.82, 2.24) is 0 Å². The van der Waals surface area contributed by atoms with Crippen LogP contribution in [0.5, 0.6) is 0 Å². The minimum absolute atomic E-state index is 0.0211. The fourth-order valence-corrected chi connectivity index (χ4v) is 10.6. The van der Waals surface area contributed by atoms with E-state index in [1.165, 1.54) is 6.92 Å². The summed E-state index contributed by atoms with van der Waals surface area (Å²) in [5.41, 5.74) is 1.61. The van der Waals surface area contributed by atoms with Crippen LogP contribution in [0.3, 0.4) is 0 Å². The van der Waals surface area contributed by atoms with Crippen LogP contribution in [0.15, 0.2) is 33.9 Å². The van der Waals surface area contributed by atoms with Crippen LogP contribution < -0.4 is 0 Å². The van der Waals surface area contributed by atoms with Crippen LogP contribution in [0.4, 0.5) is 0 Å². The molecule has 0 unspecified atom stereocenters. The fourth-order valence-electron chi connectivity index (χ4n) is 10.6. The molecule has 5 aliphatic carbocycles. The van der Waals surface area contributed by atoms with Gasteiger partial charge in [-0.15, -0.1) is 0 Å². The molecule has 11 atom stereocenters. The predicted octanol–water partition coefficient (Wildman–Crippen LogP) is 3.76. The number of esters is 3. The zero-order valence-electron chi connectivity index (χ0n) is 24.0. The van der Waals surface area contributed by atoms with E-state index >= 15 is 0 Å². The number of ketones is 1. The van der Waals surface area contributed by atoms with Gasteiger partial charge in [-0.25, -0.2) is 0 Å². The van der Waals surface area contributed by atoms with Crippen LogP contribution in [-0.4, -0.2) is 52.7 Å². The molecule has 40 heavy (non-hydrogen) atoms. The molecule has 1 saturated carbocycles. The summed E-state index contributed by atoms with van der Waals surface area (Å²) in [6.45, 7) is 11.0. The molecule has 8 heteroatoms. The Labute approximate surface area is 234 Å². The lowest BCUT2D eigenvalue weighted by Crippen LogP contribution is -2.51. The minimum Gasteiger partial charge on any atom is -0.462 e. The number of allylic oxidation sites excluding steroid dienone is 2. The Kier molecular flexibility index (Phi) is 5.21. The molecule has 0 amide bonds. The molecule has 214 valence electrons. The molecule has 0 aromatic rings. The van der Waals surface area contributed by atoms with Gasteiger partial charge in [0.15, 0.2) is 5.78 Å². The molecule has 3 fully saturated rings. The number of carbonyl (C=O) groups is 4. The zero-order chi connectivity index (χ0) is 28.7. The topological polar surface area (TPSA) is 116 Å². The molecule has 0 radical (unpaired) electrons. The van der Waals surface area contributed by atoms with Crippen LogP contribution >= 0.6 is 0 Å². The summed E-state index contributed by atoms with van der Waals surface area (Å²) in [5, 5.41) is 12.0. The van der Waals surface area contributed by atoms with Crippen molar-refractivity contribution >= 4 is 23.7 Å². The highest BCUT2D eigenvalue weighted by Crippen LogP contribution is 2.76. The van der Waals surface area contributed by atoms with E-state index in [9.17, 15) is 24.3 Å². The summed E-state index contributed by atoms with van der Waals surface area (Å²) < 4.78 is 18.2. The molecule has 2 saturated heterocycles. The second kappa shape index (κ2) is 7.96. The van der Waals surface area contributed by atoms with E-state index in [0.717, 1.165) is 40.7 Å². The number of hydrogen-bond donors (Lipinski definition) is 1. The molecule has 1 N–H and O–H groups in total. The van der Waals surface area contributed by atoms with Crippen LogP contribution in [0.1, 0.15) is 73.6 Å². The van der Waals surface area contributed by atoms with Crippen molar-refractivity contribution in [3.05, 3.63) is 33.9 Å². The van der Waals surface area contributed by atoms with E-state index in [1.54, 1.807) is 19.9 Å². The third-order valence-corrected chi connectivity index (χ3v) is 11.9. The molecular weight excluding hydrogens is 512 g/mol. The SMILES string of the molecule is CC(=O)O[C@H]1C[C@@](C)(O)C2=C([C@H]3OC(=O)[C@@H](C)[C@H]13)[C@]1(C)C[C@H]2C[C@]12C(=O)O[C@@H]1[C@H]3C(C)=CC(=O)C3=C(C)CC[C@H]12. The second-order valence-electron chi connectivity index (χ2n) is 14.0. The average molecular weight is 551 g/mol. The van der Waals surface area contributed by atoms with Gasteiger partial charge in [0.1, 0.15) is 18.3 Å². The van der Waals surface area contributed by atoms with E-state index in [0.29, 0.717) is 12.8 Å². The maximum absolute atomic E-state index is 14.3. The third-order valence-electron chi connectivity index (χ3n) is 11.9. The number of aliphatic hydroxyl groups is 1. The van der Waals surface area contributed by atoms with Crippen LogP contribution in [0.2, 0.25) is 0 Å². The third kappa shape index (κ3) is 2.96. The number of ether oxygens (including phenoxy) is 3. The molecule has 0 aromatic heterocycles. The summed E-state index contributed by atoms with van der Waals surface area (Å²) in [5.74, 6) is -2.46. The predicted molar refractivity (Wildman–Crippen MR) is 141 cm³/mol. The smallest absolute Gasteiger partial charge is 0.313 e. The minimum atomic E-state index is -1.29. The van der Waals surface area contributed by atoms with Crippen molar-refractivity contribution in [2.45, 2.75) is 97.6 Å². The van der Waals surface area contributed by atoms with Crippen LogP contribution in [0, 0.1) is 40.4 Å². The summed E-state index contributed by atoms with van der Waals surface area (Å²) in [7, 11) is 0. The van der Waals surface area contributed by atoms with E-state index in [4.69, 9.17) is 14.2 Å². The number of fused-ring (bicyclic) bond motifs is 11. The molecule has 7 aliphatic rings. The maximum Gasteiger partial charge on any atom is 0.313 e. The van der Waals surface area contributed by atoms with E-state index in [2.05, 4.69) is 6.92 Å². The highest BCUT2D eigenvalue weighted by Gasteiger charge is 2.77. The quantitative estimate of drug-likeness (QED) is 0.298. The standard InChI is InChI=1S/C32H38O8/c1-13-7-8-18-26(22-14(2)9-19(34)21(13)22)40-29(36)32(18)11-17-10-30(32,5)25-24(17)31(6,37)12-20(38-16(4)33)23-15(3)28(35)39-27(23)25/h9,15,17-18,20,22-23,26-27,37H,7-8,10-12H2,1-6H3/t15-,17-,18+,20-,22-,23+,26-,27-,30-,31+,32-/m0/s1. The highest BCUT2D eigenvalue weighted by atomic mass is 16.6. The largest absolute Gasteiger partial charge is 0.462 e. The van der Waals surface area contributed by atoms with Crippen molar-refractivity contribution in [1.29, 1.82) is 0 Å². The first-order valence-electron chi connectivity index (χ1n) is 14.7. The summed E-state index contributed by atoms with van der Waals surface area (Å²) >= 11 is 0. The molecule has 7 rings (SSSR count). The Morgan fingerprint density at radius 2 is 1.80 bits per heavy atom. The molecule has 0 aromatic carbocycles. The molecular formula is C32H38O8. The Hall–Kier alpha value is -2.74. The number of hydrogen-bond acceptors (Lipinski definition) is 8. The van der Waals surface area contributed by atoms with E-state index in [-0.39, 0.29) is 41.9 Å². The zero-order valence-corrected chi connectivity index (χ0v) is 24.0. The summed E-state index contributed by atoms with van der Waals surface area (Å²) in [6, 6.07) is 0. The van der Waals surface area contributed by atoms with Crippen LogP contribution in [-0.2, 0) is 33.4 Å². The number of carbonyl (C=O) groups excluding carboxylic acids is 4. The van der Waals surface area contributed by atoms with Crippen molar-refractivity contribution in [2.24, 2.45) is 40.4 Å². The molecule has 8 nitrogen and oxygen atoms in total. The Morgan fingerprint density at radius 1 is 1.07 bits per heavy atom. The first-order valence-corrected chi connectivity index (χ1v) is 14.7. The van der Waals surface area contributed by atoms with Gasteiger partial charge in [0.25, 0.3) is 0 Å². The van der Waals surface area contributed by atoms with Gasteiger partial charge in [-0.05, 0) is 69.6 Å². The molecule has 2 heterocycles. The lowest BCUT2D eigenvalue weighted by Gasteiger charge is -2.48. The van der Waals surface area contributed by atoms with E-state index in [1.807, 2.05) is 13.8 Å². The van der Waals surface area contributed by atoms with Gasteiger partial charge in [0, 0.05) is 36.2 Å².